The van der Waals surface area contributed by atoms with Crippen molar-refractivity contribution in [1.82, 2.24) is 5.32 Å². The van der Waals surface area contributed by atoms with Crippen LogP contribution in [0.5, 0.6) is 0 Å². The van der Waals surface area contributed by atoms with Gasteiger partial charge in [0.25, 0.3) is 11.8 Å². The molecule has 2 amide bonds. The molecule has 144 valence electrons. The lowest BCUT2D eigenvalue weighted by Crippen LogP contribution is -2.27. The van der Waals surface area contributed by atoms with E-state index >= 15 is 0 Å². The second kappa shape index (κ2) is 9.15. The molecule has 27 heavy (non-hydrogen) atoms. The zero-order chi connectivity index (χ0) is 19.2. The van der Waals surface area contributed by atoms with Gasteiger partial charge in [0.1, 0.15) is 5.00 Å². The Kier molecular flexibility index (Phi) is 6.63. The van der Waals surface area contributed by atoms with Gasteiger partial charge in [0.15, 0.2) is 0 Å². The van der Waals surface area contributed by atoms with E-state index in [9.17, 15) is 9.59 Å². The summed E-state index contributed by atoms with van der Waals surface area (Å²) >= 11 is 1.54. The first-order chi connectivity index (χ1) is 13.1. The van der Waals surface area contributed by atoms with Crippen molar-refractivity contribution in [3.05, 3.63) is 51.9 Å². The SMILES string of the molecule is COCCCNC(=O)c1c(NC(=O)c2ccccc2)sc2c1CCC(C)C2. The average Bonchev–Trinajstić information content (AvgIpc) is 3.02. The maximum atomic E-state index is 12.9. The molecule has 1 aliphatic carbocycles. The van der Waals surface area contributed by atoms with Crippen molar-refractivity contribution in [2.75, 3.05) is 25.6 Å². The molecular weight excluding hydrogens is 360 g/mol. The quantitative estimate of drug-likeness (QED) is 0.710. The first-order valence-corrected chi connectivity index (χ1v) is 10.2. The number of amides is 2. The van der Waals surface area contributed by atoms with E-state index in [2.05, 4.69) is 17.6 Å². The second-order valence-electron chi connectivity index (χ2n) is 6.98. The van der Waals surface area contributed by atoms with Crippen molar-refractivity contribution in [1.29, 1.82) is 0 Å². The van der Waals surface area contributed by atoms with Gasteiger partial charge in [-0.3, -0.25) is 9.59 Å². The van der Waals surface area contributed by atoms with E-state index in [1.165, 1.54) is 4.88 Å². The minimum atomic E-state index is -0.185. The molecule has 1 unspecified atom stereocenters. The molecule has 1 aromatic heterocycles. The monoisotopic (exact) mass is 386 g/mol. The number of rotatable bonds is 7. The van der Waals surface area contributed by atoms with Gasteiger partial charge in [-0.2, -0.15) is 0 Å². The zero-order valence-electron chi connectivity index (χ0n) is 15.8. The Morgan fingerprint density at radius 1 is 1.22 bits per heavy atom. The lowest BCUT2D eigenvalue weighted by molar-refractivity contribution is 0.0948. The third-order valence-corrected chi connectivity index (χ3v) is 5.98. The van der Waals surface area contributed by atoms with Crippen molar-refractivity contribution >= 4 is 28.2 Å². The third kappa shape index (κ3) is 4.76. The number of nitrogens with one attached hydrogen (secondary N) is 2. The Hall–Kier alpha value is -2.18. The summed E-state index contributed by atoms with van der Waals surface area (Å²) < 4.78 is 5.04. The van der Waals surface area contributed by atoms with Crippen LogP contribution in [0.4, 0.5) is 5.00 Å². The summed E-state index contributed by atoms with van der Waals surface area (Å²) in [4.78, 5) is 26.7. The van der Waals surface area contributed by atoms with Gasteiger partial charge < -0.3 is 15.4 Å². The average molecular weight is 387 g/mol. The molecule has 1 aliphatic rings. The molecule has 1 heterocycles. The van der Waals surface area contributed by atoms with Gasteiger partial charge in [-0.25, -0.2) is 0 Å². The van der Waals surface area contributed by atoms with Crippen molar-refractivity contribution in [2.45, 2.75) is 32.6 Å². The van der Waals surface area contributed by atoms with E-state index in [0.29, 0.717) is 35.2 Å². The summed E-state index contributed by atoms with van der Waals surface area (Å²) in [5, 5.41) is 6.61. The summed E-state index contributed by atoms with van der Waals surface area (Å²) in [5.74, 6) is 0.309. The van der Waals surface area contributed by atoms with E-state index in [0.717, 1.165) is 31.2 Å². The lowest BCUT2D eigenvalue weighted by atomic mass is 9.88. The third-order valence-electron chi connectivity index (χ3n) is 4.81. The number of hydrogen-bond acceptors (Lipinski definition) is 4. The lowest BCUT2D eigenvalue weighted by Gasteiger charge is -2.18. The van der Waals surface area contributed by atoms with Crippen LogP contribution in [0, 0.1) is 5.92 Å². The number of methoxy groups -OCH3 is 1. The number of benzene rings is 1. The van der Waals surface area contributed by atoms with Gasteiger partial charge >= 0.3 is 0 Å². The highest BCUT2D eigenvalue weighted by Crippen LogP contribution is 2.39. The molecule has 0 fully saturated rings. The number of ether oxygens (including phenoxy) is 1. The molecule has 5 nitrogen and oxygen atoms in total. The molecule has 0 saturated carbocycles. The summed E-state index contributed by atoms with van der Waals surface area (Å²) in [6.45, 7) is 3.40. The van der Waals surface area contributed by atoms with Crippen LogP contribution in [-0.4, -0.2) is 32.1 Å². The van der Waals surface area contributed by atoms with Gasteiger partial charge in [-0.1, -0.05) is 25.1 Å². The highest BCUT2D eigenvalue weighted by Gasteiger charge is 2.28. The normalized spacial score (nSPS) is 15.9. The topological polar surface area (TPSA) is 67.4 Å². The highest BCUT2D eigenvalue weighted by molar-refractivity contribution is 7.17. The largest absolute Gasteiger partial charge is 0.385 e. The molecule has 0 bridgehead atoms. The predicted octanol–water partition coefficient (Wildman–Crippen LogP) is 3.89. The molecule has 0 saturated heterocycles. The number of carbonyl (C=O) groups excluding carboxylic acids is 2. The zero-order valence-corrected chi connectivity index (χ0v) is 16.7. The van der Waals surface area contributed by atoms with Crippen LogP contribution >= 0.6 is 11.3 Å². The number of fused-ring (bicyclic) bond motifs is 1. The van der Waals surface area contributed by atoms with Crippen LogP contribution in [-0.2, 0) is 17.6 Å². The first-order valence-electron chi connectivity index (χ1n) is 9.38. The predicted molar refractivity (Wildman–Crippen MR) is 109 cm³/mol. The maximum absolute atomic E-state index is 12.9. The Labute approximate surface area is 164 Å². The van der Waals surface area contributed by atoms with Crippen molar-refractivity contribution in [2.24, 2.45) is 5.92 Å². The Morgan fingerprint density at radius 3 is 2.74 bits per heavy atom. The van der Waals surface area contributed by atoms with Crippen LogP contribution in [0.15, 0.2) is 30.3 Å². The number of carbonyl (C=O) groups is 2. The molecule has 0 aliphatic heterocycles. The smallest absolute Gasteiger partial charge is 0.256 e. The van der Waals surface area contributed by atoms with Crippen LogP contribution < -0.4 is 10.6 Å². The number of thiophene rings is 1. The van der Waals surface area contributed by atoms with Gasteiger partial charge in [-0.15, -0.1) is 11.3 Å². The molecule has 6 heteroatoms. The Morgan fingerprint density at radius 2 is 2.00 bits per heavy atom. The van der Waals surface area contributed by atoms with E-state index in [1.807, 2.05) is 18.2 Å². The van der Waals surface area contributed by atoms with Crippen LogP contribution in [0.25, 0.3) is 0 Å². The second-order valence-corrected chi connectivity index (χ2v) is 8.08. The van der Waals surface area contributed by atoms with Gasteiger partial charge in [-0.05, 0) is 49.3 Å². The minimum absolute atomic E-state index is 0.110. The summed E-state index contributed by atoms with van der Waals surface area (Å²) in [7, 11) is 1.65. The van der Waals surface area contributed by atoms with E-state index in [1.54, 1.807) is 30.6 Å². The van der Waals surface area contributed by atoms with Gasteiger partial charge in [0.05, 0.1) is 5.56 Å². The Bertz CT molecular complexity index is 801. The van der Waals surface area contributed by atoms with Gasteiger partial charge in [0.2, 0.25) is 0 Å². The summed E-state index contributed by atoms with van der Waals surface area (Å²) in [6.07, 6.45) is 3.68. The fourth-order valence-corrected chi connectivity index (χ4v) is 4.75. The van der Waals surface area contributed by atoms with Crippen molar-refractivity contribution in [3.8, 4) is 0 Å². The van der Waals surface area contributed by atoms with E-state index in [-0.39, 0.29) is 11.8 Å². The van der Waals surface area contributed by atoms with E-state index < -0.39 is 0 Å². The van der Waals surface area contributed by atoms with Crippen LogP contribution in [0.2, 0.25) is 0 Å². The van der Waals surface area contributed by atoms with Crippen molar-refractivity contribution in [3.63, 3.8) is 0 Å². The number of hydrogen-bond donors (Lipinski definition) is 2. The fourth-order valence-electron chi connectivity index (χ4n) is 3.35. The summed E-state index contributed by atoms with van der Waals surface area (Å²) in [6, 6.07) is 9.09. The molecule has 3 rings (SSSR count). The van der Waals surface area contributed by atoms with Crippen LogP contribution in [0.1, 0.15) is 50.9 Å². The summed E-state index contributed by atoms with van der Waals surface area (Å²) in [5.41, 5.74) is 2.33. The fraction of sp³-hybridized carbons (Fsp3) is 0.429. The highest BCUT2D eigenvalue weighted by atomic mass is 32.1. The first kappa shape index (κ1) is 19.6. The van der Waals surface area contributed by atoms with Crippen molar-refractivity contribution < 1.29 is 14.3 Å². The molecular formula is C21H26N2O3S. The van der Waals surface area contributed by atoms with E-state index in [4.69, 9.17) is 4.74 Å². The molecule has 2 aromatic rings. The standard InChI is InChI=1S/C21H26N2O3S/c1-14-9-10-16-17(13-14)27-21(18(16)20(25)22-11-6-12-26-2)23-19(24)15-7-4-3-5-8-15/h3-5,7-8,14H,6,9-13H2,1-2H3,(H,22,25)(H,23,24). The molecule has 0 spiro atoms. The molecule has 0 radical (unpaired) electrons. The molecule has 1 aromatic carbocycles. The minimum Gasteiger partial charge on any atom is -0.385 e. The Balaban J connectivity index is 1.83. The maximum Gasteiger partial charge on any atom is 0.256 e. The molecule has 1 atom stereocenters. The van der Waals surface area contributed by atoms with Crippen LogP contribution in [0.3, 0.4) is 0 Å². The number of anilines is 1. The van der Waals surface area contributed by atoms with Gasteiger partial charge in [0, 0.05) is 30.7 Å². The molecule has 2 N–H and O–H groups in total.